The maximum atomic E-state index is 12.5. The van der Waals surface area contributed by atoms with E-state index in [9.17, 15) is 4.79 Å². The fourth-order valence-electron chi connectivity index (χ4n) is 3.73. The van der Waals surface area contributed by atoms with E-state index < -0.39 is 0 Å². The van der Waals surface area contributed by atoms with Crippen LogP contribution in [-0.4, -0.2) is 67.6 Å². The van der Waals surface area contributed by atoms with E-state index in [0.29, 0.717) is 51.2 Å². The SMILES string of the molecule is COCCCNC(=O)N1CC(c2nc(C)no2)C2(CCOCC2)C1. The van der Waals surface area contributed by atoms with Gasteiger partial charge in [-0.2, -0.15) is 4.98 Å². The second-order valence-corrected chi connectivity index (χ2v) is 6.67. The van der Waals surface area contributed by atoms with E-state index in [1.54, 1.807) is 7.11 Å². The summed E-state index contributed by atoms with van der Waals surface area (Å²) in [6.07, 6.45) is 2.63. The van der Waals surface area contributed by atoms with Crippen molar-refractivity contribution in [2.75, 3.05) is 46.6 Å². The van der Waals surface area contributed by atoms with E-state index >= 15 is 0 Å². The molecule has 1 aromatic heterocycles. The Hall–Kier alpha value is -1.67. The summed E-state index contributed by atoms with van der Waals surface area (Å²) in [5, 5.41) is 6.90. The smallest absolute Gasteiger partial charge is 0.317 e. The molecule has 2 aliphatic rings. The summed E-state index contributed by atoms with van der Waals surface area (Å²) < 4.78 is 16.0. The number of carbonyl (C=O) groups excluding carboxylic acids is 1. The number of carbonyl (C=O) groups is 1. The van der Waals surface area contributed by atoms with Crippen LogP contribution in [0.1, 0.15) is 36.9 Å². The average molecular weight is 338 g/mol. The first-order chi connectivity index (χ1) is 11.6. The van der Waals surface area contributed by atoms with Crippen molar-refractivity contribution in [3.05, 3.63) is 11.7 Å². The predicted octanol–water partition coefficient (Wildman–Crippen LogP) is 1.32. The topological polar surface area (TPSA) is 89.7 Å². The molecule has 134 valence electrons. The second-order valence-electron chi connectivity index (χ2n) is 6.67. The third-order valence-corrected chi connectivity index (χ3v) is 5.07. The first kappa shape index (κ1) is 17.2. The molecule has 24 heavy (non-hydrogen) atoms. The van der Waals surface area contributed by atoms with Gasteiger partial charge in [-0.25, -0.2) is 4.79 Å². The molecule has 0 aliphatic carbocycles. The molecule has 0 aromatic carbocycles. The number of aromatic nitrogens is 2. The van der Waals surface area contributed by atoms with Gasteiger partial charge in [0.25, 0.3) is 0 Å². The summed E-state index contributed by atoms with van der Waals surface area (Å²) in [4.78, 5) is 18.8. The lowest BCUT2D eigenvalue weighted by Gasteiger charge is -2.36. The van der Waals surface area contributed by atoms with E-state index in [1.165, 1.54) is 0 Å². The van der Waals surface area contributed by atoms with Crippen molar-refractivity contribution in [1.29, 1.82) is 0 Å². The Balaban J connectivity index is 1.69. The van der Waals surface area contributed by atoms with Gasteiger partial charge in [-0.15, -0.1) is 0 Å². The van der Waals surface area contributed by atoms with Gasteiger partial charge >= 0.3 is 6.03 Å². The van der Waals surface area contributed by atoms with Crippen LogP contribution in [0.25, 0.3) is 0 Å². The van der Waals surface area contributed by atoms with Crippen LogP contribution in [-0.2, 0) is 9.47 Å². The summed E-state index contributed by atoms with van der Waals surface area (Å²) >= 11 is 0. The Morgan fingerprint density at radius 3 is 2.92 bits per heavy atom. The second kappa shape index (κ2) is 7.48. The summed E-state index contributed by atoms with van der Waals surface area (Å²) in [5.74, 6) is 1.35. The summed E-state index contributed by atoms with van der Waals surface area (Å²) in [6.45, 7) is 5.82. The lowest BCUT2D eigenvalue weighted by molar-refractivity contribution is 0.00942. The maximum absolute atomic E-state index is 12.5. The highest BCUT2D eigenvalue weighted by atomic mass is 16.5. The molecule has 2 saturated heterocycles. The molecule has 0 bridgehead atoms. The largest absolute Gasteiger partial charge is 0.385 e. The van der Waals surface area contributed by atoms with Crippen molar-refractivity contribution in [3.8, 4) is 0 Å². The molecule has 3 heterocycles. The number of rotatable bonds is 5. The molecule has 1 N–H and O–H groups in total. The number of ether oxygens (including phenoxy) is 2. The van der Waals surface area contributed by atoms with Gasteiger partial charge in [0.05, 0.1) is 5.92 Å². The Labute approximate surface area is 141 Å². The van der Waals surface area contributed by atoms with Gasteiger partial charge < -0.3 is 24.2 Å². The minimum atomic E-state index is -0.0318. The molecule has 0 saturated carbocycles. The molecular weight excluding hydrogens is 312 g/mol. The number of amides is 2. The van der Waals surface area contributed by atoms with Crippen LogP contribution in [0.3, 0.4) is 0 Å². The summed E-state index contributed by atoms with van der Waals surface area (Å²) in [6, 6.07) is -0.0318. The van der Waals surface area contributed by atoms with Crippen molar-refractivity contribution in [2.24, 2.45) is 5.41 Å². The number of likely N-dealkylation sites (tertiary alicyclic amines) is 1. The van der Waals surface area contributed by atoms with Gasteiger partial charge in [-0.1, -0.05) is 5.16 Å². The lowest BCUT2D eigenvalue weighted by atomic mass is 9.72. The molecule has 1 atom stereocenters. The first-order valence-electron chi connectivity index (χ1n) is 8.54. The first-order valence-corrected chi connectivity index (χ1v) is 8.54. The molecular formula is C16H26N4O4. The number of aryl methyl sites for hydroxylation is 1. The molecule has 1 spiro atoms. The Morgan fingerprint density at radius 2 is 2.25 bits per heavy atom. The number of methoxy groups -OCH3 is 1. The van der Waals surface area contributed by atoms with Crippen LogP contribution in [0, 0.1) is 12.3 Å². The van der Waals surface area contributed by atoms with Gasteiger partial charge in [0, 0.05) is 52.0 Å². The molecule has 8 nitrogen and oxygen atoms in total. The Kier molecular flexibility index (Phi) is 5.35. The van der Waals surface area contributed by atoms with Crippen molar-refractivity contribution >= 4 is 6.03 Å². The van der Waals surface area contributed by atoms with Gasteiger partial charge in [-0.3, -0.25) is 0 Å². The normalized spacial score (nSPS) is 22.9. The van der Waals surface area contributed by atoms with Crippen LogP contribution in [0.15, 0.2) is 4.52 Å². The molecule has 2 amide bonds. The minimum absolute atomic E-state index is 0.0267. The van der Waals surface area contributed by atoms with Crippen LogP contribution < -0.4 is 5.32 Å². The van der Waals surface area contributed by atoms with Crippen molar-refractivity contribution < 1.29 is 18.8 Å². The molecule has 0 radical (unpaired) electrons. The van der Waals surface area contributed by atoms with Crippen LogP contribution in [0.5, 0.6) is 0 Å². The average Bonchev–Trinajstić information content (AvgIpc) is 3.16. The third-order valence-electron chi connectivity index (χ3n) is 5.07. The predicted molar refractivity (Wildman–Crippen MR) is 85.7 cm³/mol. The molecule has 8 heteroatoms. The van der Waals surface area contributed by atoms with E-state index in [0.717, 1.165) is 19.3 Å². The standard InChI is InChI=1S/C16H26N4O4/c1-12-18-14(24-19-12)13-10-20(15(21)17-6-3-7-22-2)11-16(13)4-8-23-9-5-16/h13H,3-11H2,1-2H3,(H,17,21). The van der Waals surface area contributed by atoms with Crippen LogP contribution in [0.2, 0.25) is 0 Å². The van der Waals surface area contributed by atoms with E-state index in [1.807, 2.05) is 11.8 Å². The van der Waals surface area contributed by atoms with E-state index in [-0.39, 0.29) is 17.4 Å². The highest BCUT2D eigenvalue weighted by molar-refractivity contribution is 5.74. The number of hydrogen-bond acceptors (Lipinski definition) is 6. The zero-order valence-corrected chi connectivity index (χ0v) is 14.4. The van der Waals surface area contributed by atoms with Crippen molar-refractivity contribution in [2.45, 2.75) is 32.1 Å². The molecule has 2 aliphatic heterocycles. The van der Waals surface area contributed by atoms with Gasteiger partial charge in [0.2, 0.25) is 5.89 Å². The number of urea groups is 1. The number of nitrogens with one attached hydrogen (secondary N) is 1. The maximum Gasteiger partial charge on any atom is 0.317 e. The third kappa shape index (κ3) is 3.54. The molecule has 2 fully saturated rings. The van der Waals surface area contributed by atoms with E-state index in [4.69, 9.17) is 14.0 Å². The van der Waals surface area contributed by atoms with Gasteiger partial charge in [0.15, 0.2) is 5.82 Å². The van der Waals surface area contributed by atoms with Crippen molar-refractivity contribution in [1.82, 2.24) is 20.4 Å². The fourth-order valence-corrected chi connectivity index (χ4v) is 3.73. The van der Waals surface area contributed by atoms with E-state index in [2.05, 4.69) is 15.5 Å². The highest BCUT2D eigenvalue weighted by Crippen LogP contribution is 2.48. The zero-order valence-electron chi connectivity index (χ0n) is 14.4. The Morgan fingerprint density at radius 1 is 1.46 bits per heavy atom. The minimum Gasteiger partial charge on any atom is -0.385 e. The van der Waals surface area contributed by atoms with Gasteiger partial charge in [0.1, 0.15) is 0 Å². The Bertz CT molecular complexity index is 556. The molecule has 1 aromatic rings. The monoisotopic (exact) mass is 338 g/mol. The number of nitrogens with zero attached hydrogens (tertiary/aromatic N) is 3. The summed E-state index contributed by atoms with van der Waals surface area (Å²) in [5.41, 5.74) is -0.0267. The number of hydrogen-bond donors (Lipinski definition) is 1. The fraction of sp³-hybridized carbons (Fsp3) is 0.812. The lowest BCUT2D eigenvalue weighted by Crippen LogP contribution is -2.41. The summed E-state index contributed by atoms with van der Waals surface area (Å²) in [7, 11) is 1.66. The highest BCUT2D eigenvalue weighted by Gasteiger charge is 2.51. The van der Waals surface area contributed by atoms with Crippen LogP contribution in [0.4, 0.5) is 4.79 Å². The quantitative estimate of drug-likeness (QED) is 0.815. The molecule has 1 unspecified atom stereocenters. The van der Waals surface area contributed by atoms with Crippen LogP contribution >= 0.6 is 0 Å². The van der Waals surface area contributed by atoms with Gasteiger partial charge in [-0.05, 0) is 26.2 Å². The zero-order chi connectivity index (χ0) is 17.0. The molecule has 3 rings (SSSR count). The van der Waals surface area contributed by atoms with Crippen molar-refractivity contribution in [3.63, 3.8) is 0 Å².